The number of nitrogens with one attached hydrogen (secondary N) is 2. The summed E-state index contributed by atoms with van der Waals surface area (Å²) in [4.78, 5) is 17.0. The van der Waals surface area contributed by atoms with Crippen molar-refractivity contribution >= 4 is 22.3 Å². The van der Waals surface area contributed by atoms with Crippen LogP contribution in [0.2, 0.25) is 0 Å². The van der Waals surface area contributed by atoms with Crippen molar-refractivity contribution in [1.82, 2.24) is 30.1 Å². The SMILES string of the molecule is C=C/C=C(/c1ccccn1)c1cc(-c2n[nH]c3ccc(-c4cncc(N)c4)nc23)[nH]c1C. The van der Waals surface area contributed by atoms with Gasteiger partial charge in [-0.05, 0) is 43.3 Å². The van der Waals surface area contributed by atoms with Gasteiger partial charge in [-0.15, -0.1) is 0 Å². The van der Waals surface area contributed by atoms with Crippen molar-refractivity contribution in [3.8, 4) is 22.6 Å². The number of aromatic nitrogens is 6. The number of pyridine rings is 3. The Morgan fingerprint density at radius 2 is 2.03 bits per heavy atom. The van der Waals surface area contributed by atoms with Crippen molar-refractivity contribution in [3.63, 3.8) is 0 Å². The predicted octanol–water partition coefficient (Wildman–Crippen LogP) is 4.92. The molecule has 32 heavy (non-hydrogen) atoms. The van der Waals surface area contributed by atoms with Crippen LogP contribution in [0, 0.1) is 6.92 Å². The topological polar surface area (TPSA) is 109 Å². The maximum Gasteiger partial charge on any atom is 0.135 e. The van der Waals surface area contributed by atoms with Gasteiger partial charge < -0.3 is 10.7 Å². The summed E-state index contributed by atoms with van der Waals surface area (Å²) in [6, 6.07) is 13.7. The smallest absolute Gasteiger partial charge is 0.135 e. The van der Waals surface area contributed by atoms with Crippen LogP contribution in [0.25, 0.3) is 39.3 Å². The fourth-order valence-corrected chi connectivity index (χ4v) is 3.76. The van der Waals surface area contributed by atoms with Gasteiger partial charge in [-0.1, -0.05) is 24.8 Å². The summed E-state index contributed by atoms with van der Waals surface area (Å²) in [7, 11) is 0. The van der Waals surface area contributed by atoms with E-state index in [9.17, 15) is 0 Å². The number of anilines is 1. The summed E-state index contributed by atoms with van der Waals surface area (Å²) in [5, 5.41) is 7.61. The number of nitrogen functional groups attached to an aromatic ring is 1. The Morgan fingerprint density at radius 3 is 2.81 bits per heavy atom. The molecule has 0 atom stereocenters. The minimum Gasteiger partial charge on any atom is -0.397 e. The number of hydrogen-bond acceptors (Lipinski definition) is 5. The quantitative estimate of drug-likeness (QED) is 0.350. The highest BCUT2D eigenvalue weighted by atomic mass is 15.1. The highest BCUT2D eigenvalue weighted by Gasteiger charge is 2.17. The van der Waals surface area contributed by atoms with E-state index in [0.29, 0.717) is 5.69 Å². The molecule has 5 aromatic heterocycles. The number of allylic oxidation sites excluding steroid dienone is 2. The molecular formula is C25H21N7. The molecule has 0 aromatic carbocycles. The van der Waals surface area contributed by atoms with Gasteiger partial charge in [0.25, 0.3) is 0 Å². The van der Waals surface area contributed by atoms with E-state index in [1.807, 2.05) is 49.4 Å². The maximum atomic E-state index is 5.90. The molecule has 0 radical (unpaired) electrons. The van der Waals surface area contributed by atoms with Crippen LogP contribution >= 0.6 is 0 Å². The molecule has 5 aromatic rings. The van der Waals surface area contributed by atoms with E-state index in [1.54, 1.807) is 24.7 Å². The fraction of sp³-hybridized carbons (Fsp3) is 0.0400. The Kier molecular flexibility index (Phi) is 4.84. The lowest BCUT2D eigenvalue weighted by molar-refractivity contribution is 1.11. The lowest BCUT2D eigenvalue weighted by atomic mass is 10.0. The molecule has 5 rings (SSSR count). The molecule has 0 unspecified atom stereocenters. The Labute approximate surface area is 184 Å². The molecule has 0 amide bonds. The summed E-state index contributed by atoms with van der Waals surface area (Å²) in [6.07, 6.45) is 8.89. The molecule has 0 spiro atoms. The van der Waals surface area contributed by atoms with Crippen molar-refractivity contribution in [1.29, 1.82) is 0 Å². The van der Waals surface area contributed by atoms with Gasteiger partial charge in [-0.3, -0.25) is 15.1 Å². The highest BCUT2D eigenvalue weighted by Crippen LogP contribution is 2.32. The van der Waals surface area contributed by atoms with Gasteiger partial charge in [0.2, 0.25) is 0 Å². The summed E-state index contributed by atoms with van der Waals surface area (Å²) < 4.78 is 0. The minimum atomic E-state index is 0.595. The second kappa shape index (κ2) is 7.96. The van der Waals surface area contributed by atoms with E-state index >= 15 is 0 Å². The van der Waals surface area contributed by atoms with Crippen molar-refractivity contribution in [3.05, 3.63) is 96.7 Å². The third kappa shape index (κ3) is 3.45. The average molecular weight is 419 g/mol. The molecule has 0 aliphatic carbocycles. The van der Waals surface area contributed by atoms with Crippen LogP contribution in [0.15, 0.2) is 79.8 Å². The van der Waals surface area contributed by atoms with Crippen molar-refractivity contribution < 1.29 is 0 Å². The lowest BCUT2D eigenvalue weighted by Crippen LogP contribution is -1.91. The summed E-state index contributed by atoms with van der Waals surface area (Å²) in [5.41, 5.74) is 15.3. The monoisotopic (exact) mass is 419 g/mol. The van der Waals surface area contributed by atoms with E-state index in [1.165, 1.54) is 0 Å². The number of fused-ring (bicyclic) bond motifs is 1. The van der Waals surface area contributed by atoms with Crippen LogP contribution in [-0.4, -0.2) is 30.1 Å². The first-order valence-corrected chi connectivity index (χ1v) is 10.1. The zero-order valence-electron chi connectivity index (χ0n) is 17.5. The molecule has 7 nitrogen and oxygen atoms in total. The summed E-state index contributed by atoms with van der Waals surface area (Å²) >= 11 is 0. The lowest BCUT2D eigenvalue weighted by Gasteiger charge is -2.05. The highest BCUT2D eigenvalue weighted by molar-refractivity contribution is 5.92. The van der Waals surface area contributed by atoms with Gasteiger partial charge in [0.15, 0.2) is 0 Å². The predicted molar refractivity (Wildman–Crippen MR) is 128 cm³/mol. The zero-order chi connectivity index (χ0) is 22.1. The second-order valence-electron chi connectivity index (χ2n) is 7.42. The average Bonchev–Trinajstić information content (AvgIpc) is 3.41. The van der Waals surface area contributed by atoms with Gasteiger partial charge >= 0.3 is 0 Å². The van der Waals surface area contributed by atoms with E-state index in [-0.39, 0.29) is 0 Å². The first-order valence-electron chi connectivity index (χ1n) is 10.1. The van der Waals surface area contributed by atoms with E-state index in [0.717, 1.165) is 56.2 Å². The molecule has 0 fully saturated rings. The molecular weight excluding hydrogens is 398 g/mol. The number of rotatable bonds is 5. The van der Waals surface area contributed by atoms with Crippen molar-refractivity contribution in [2.75, 3.05) is 5.73 Å². The van der Waals surface area contributed by atoms with E-state index in [4.69, 9.17) is 10.7 Å². The Hall–Kier alpha value is -4.52. The largest absolute Gasteiger partial charge is 0.397 e. The third-order valence-electron chi connectivity index (χ3n) is 5.25. The normalized spacial score (nSPS) is 11.7. The van der Waals surface area contributed by atoms with Gasteiger partial charge in [0.05, 0.1) is 28.3 Å². The molecule has 5 heterocycles. The number of aryl methyl sites for hydroxylation is 1. The number of nitrogens with zero attached hydrogens (tertiary/aromatic N) is 4. The molecule has 7 heteroatoms. The zero-order valence-corrected chi connectivity index (χ0v) is 17.5. The number of H-pyrrole nitrogens is 2. The van der Waals surface area contributed by atoms with Crippen LogP contribution in [0.5, 0.6) is 0 Å². The summed E-state index contributed by atoms with van der Waals surface area (Å²) in [5.74, 6) is 0. The van der Waals surface area contributed by atoms with Crippen LogP contribution < -0.4 is 5.73 Å². The van der Waals surface area contributed by atoms with Crippen LogP contribution in [0.4, 0.5) is 5.69 Å². The molecule has 0 bridgehead atoms. The molecule has 4 N–H and O–H groups in total. The van der Waals surface area contributed by atoms with E-state index in [2.05, 4.69) is 37.8 Å². The standard InChI is InChI=1S/C25H21N7/c1-3-6-18(21-7-4-5-10-28-21)19-12-23(29-15(19)2)25-24-22(31-32-25)9-8-20(30-24)16-11-17(26)14-27-13-16/h3-14,29H,1,26H2,2H3,(H,31,32)/b18-6+. The second-order valence-corrected chi connectivity index (χ2v) is 7.42. The first kappa shape index (κ1) is 19.4. The first-order chi connectivity index (χ1) is 15.6. The van der Waals surface area contributed by atoms with Crippen molar-refractivity contribution in [2.24, 2.45) is 0 Å². The Bertz CT molecular complexity index is 1460. The molecule has 0 aliphatic heterocycles. The van der Waals surface area contributed by atoms with Gasteiger partial charge in [-0.2, -0.15) is 5.10 Å². The van der Waals surface area contributed by atoms with Crippen LogP contribution in [-0.2, 0) is 0 Å². The number of aromatic amines is 2. The number of hydrogen-bond donors (Lipinski definition) is 3. The molecule has 156 valence electrons. The van der Waals surface area contributed by atoms with E-state index < -0.39 is 0 Å². The van der Waals surface area contributed by atoms with Crippen molar-refractivity contribution in [2.45, 2.75) is 6.92 Å². The molecule has 0 aliphatic rings. The van der Waals surface area contributed by atoms with Crippen LogP contribution in [0.3, 0.4) is 0 Å². The molecule has 0 saturated heterocycles. The minimum absolute atomic E-state index is 0.595. The summed E-state index contributed by atoms with van der Waals surface area (Å²) in [6.45, 7) is 5.90. The Balaban J connectivity index is 1.61. The van der Waals surface area contributed by atoms with Gasteiger partial charge in [0.1, 0.15) is 11.2 Å². The third-order valence-corrected chi connectivity index (χ3v) is 5.25. The maximum absolute atomic E-state index is 5.90. The van der Waals surface area contributed by atoms with Gasteiger partial charge in [-0.25, -0.2) is 4.98 Å². The number of nitrogens with two attached hydrogens (primary N) is 1. The fourth-order valence-electron chi connectivity index (χ4n) is 3.76. The van der Waals surface area contributed by atoms with Gasteiger partial charge in [0, 0.05) is 41.0 Å². The molecule has 0 saturated carbocycles. The van der Waals surface area contributed by atoms with Crippen LogP contribution in [0.1, 0.15) is 17.0 Å². The Morgan fingerprint density at radius 1 is 1.12 bits per heavy atom.